The van der Waals surface area contributed by atoms with Gasteiger partial charge in [0.15, 0.2) is 13.5 Å². The molecule has 312 valence electrons. The van der Waals surface area contributed by atoms with Crippen molar-refractivity contribution in [2.45, 2.75) is 38.7 Å². The number of aromatic nitrogens is 16. The molecule has 4 N–H and O–H groups in total. The number of aromatic amines is 2. The van der Waals surface area contributed by atoms with Crippen LogP contribution >= 0.6 is 0 Å². The Morgan fingerprint density at radius 2 is 1.10 bits per heavy atom. The van der Waals surface area contributed by atoms with Gasteiger partial charge in [0.25, 0.3) is 0 Å². The van der Waals surface area contributed by atoms with Gasteiger partial charge in [0, 0.05) is 63.1 Å². The smallest absolute Gasteiger partial charge is 0.412 e. The fourth-order valence-corrected chi connectivity index (χ4v) is 6.08. The van der Waals surface area contributed by atoms with E-state index in [4.69, 9.17) is 19.4 Å². The van der Waals surface area contributed by atoms with Crippen LogP contribution in [0.25, 0.3) is 57.4 Å². The molecule has 0 spiro atoms. The van der Waals surface area contributed by atoms with Gasteiger partial charge in [-0.15, -0.1) is 0 Å². The van der Waals surface area contributed by atoms with Crippen molar-refractivity contribution in [2.75, 3.05) is 27.2 Å². The number of H-pyrrole nitrogens is 2. The van der Waals surface area contributed by atoms with Gasteiger partial charge >= 0.3 is 18.5 Å². The first-order valence-electron chi connectivity index (χ1n) is 17.7. The van der Waals surface area contributed by atoms with Gasteiger partial charge < -0.3 is 29.2 Å². The first-order valence-corrected chi connectivity index (χ1v) is 17.7. The van der Waals surface area contributed by atoms with E-state index in [1.165, 1.54) is 42.7 Å². The second-order valence-electron chi connectivity index (χ2n) is 12.7. The van der Waals surface area contributed by atoms with Crippen molar-refractivity contribution in [2.24, 2.45) is 0 Å². The van der Waals surface area contributed by atoms with Crippen molar-refractivity contribution >= 4 is 17.7 Å². The van der Waals surface area contributed by atoms with E-state index in [1.807, 2.05) is 10.2 Å². The van der Waals surface area contributed by atoms with Crippen LogP contribution in [0.2, 0.25) is 0 Å². The molecule has 0 aliphatic rings. The molecule has 0 aliphatic carbocycles. The summed E-state index contributed by atoms with van der Waals surface area (Å²) in [5.74, 6) is -2.14. The Morgan fingerprint density at radius 3 is 1.48 bits per heavy atom. The minimum atomic E-state index is -4.78. The molecule has 0 bridgehead atoms. The molecule has 0 fully saturated rings. The Balaban J connectivity index is 1.05. The van der Waals surface area contributed by atoms with E-state index in [1.54, 1.807) is 38.6 Å². The highest BCUT2D eigenvalue weighted by Gasteiger charge is 2.37. The van der Waals surface area contributed by atoms with Crippen molar-refractivity contribution in [1.82, 2.24) is 88.8 Å². The van der Waals surface area contributed by atoms with Crippen LogP contribution in [0.15, 0.2) is 49.3 Å². The zero-order valence-electron chi connectivity index (χ0n) is 31.1. The normalized spacial score (nSPS) is 12.3. The summed E-state index contributed by atoms with van der Waals surface area (Å²) in [6, 6.07) is 3.20. The van der Waals surface area contributed by atoms with Gasteiger partial charge in [-0.3, -0.25) is 19.0 Å². The van der Waals surface area contributed by atoms with Gasteiger partial charge in [0.05, 0.1) is 0 Å². The molecular weight excluding hydrogens is 810 g/mol. The molecule has 0 unspecified atom stereocenters. The van der Waals surface area contributed by atoms with Crippen molar-refractivity contribution < 1.29 is 40.6 Å². The number of fused-ring (bicyclic) bond motifs is 2. The van der Waals surface area contributed by atoms with Crippen LogP contribution in [-0.4, -0.2) is 112 Å². The molecule has 8 heterocycles. The molecule has 0 saturated carbocycles. The lowest BCUT2D eigenvalue weighted by atomic mass is 10.2. The standard InChI is InChI=1S/C33H30F6N18O3/c1-40-9-5-19-44-17(23-21(46-29-42-7-3-11-56(23)29)25-48-27(52-50-25)32(34,35)36)13-54(19)15-59-31(58)60-16-55-14-18(45-20(55)6-10-41-2)24-22(47-30-43-8-4-12-57(24)30)26-49-28(53-51-26)33(37,38)39/h3-4,7-8,11-14,40-41H,5-6,9-10,15-16H2,1-2H3,(H,48,50,52)(H,49,51,53). The third-order valence-electron chi connectivity index (χ3n) is 8.78. The Morgan fingerprint density at radius 1 is 0.667 bits per heavy atom. The first kappa shape index (κ1) is 39.5. The average molecular weight is 841 g/mol. The Kier molecular flexibility index (Phi) is 10.4. The molecule has 27 heteroatoms. The molecule has 0 saturated heterocycles. The number of hydrogen-bond donors (Lipinski definition) is 4. The molecular formula is C33H30F6N18O3. The van der Waals surface area contributed by atoms with Gasteiger partial charge in [-0.1, -0.05) is 0 Å². The zero-order chi connectivity index (χ0) is 42.2. The Bertz CT molecular complexity index is 2610. The van der Waals surface area contributed by atoms with Gasteiger partial charge in [-0.05, 0) is 26.2 Å². The largest absolute Gasteiger partial charge is 0.511 e. The number of likely N-dealkylation sites (N-methyl/N-ethyl adjacent to an activating group) is 2. The fourth-order valence-electron chi connectivity index (χ4n) is 6.08. The van der Waals surface area contributed by atoms with E-state index < -0.39 is 30.2 Å². The maximum atomic E-state index is 13.4. The quantitative estimate of drug-likeness (QED) is 0.0907. The average Bonchev–Trinajstić information content (AvgIpc) is 4.07. The van der Waals surface area contributed by atoms with Crippen molar-refractivity contribution in [3.8, 4) is 45.8 Å². The number of nitrogens with one attached hydrogen (secondary N) is 4. The molecule has 8 rings (SSSR count). The number of halogens is 6. The predicted octanol–water partition coefficient (Wildman–Crippen LogP) is 3.40. The van der Waals surface area contributed by atoms with Gasteiger partial charge in [-0.25, -0.2) is 44.7 Å². The number of rotatable bonds is 14. The second kappa shape index (κ2) is 15.8. The number of ether oxygens (including phenoxy) is 2. The van der Waals surface area contributed by atoms with Crippen LogP contribution < -0.4 is 10.6 Å². The highest BCUT2D eigenvalue weighted by molar-refractivity contribution is 5.77. The molecule has 8 aromatic heterocycles. The summed E-state index contributed by atoms with van der Waals surface area (Å²) in [4.78, 5) is 46.9. The molecule has 0 aromatic carbocycles. The lowest BCUT2D eigenvalue weighted by Gasteiger charge is -2.11. The molecule has 21 nitrogen and oxygen atoms in total. The zero-order valence-corrected chi connectivity index (χ0v) is 31.1. The van der Waals surface area contributed by atoms with E-state index in [0.29, 0.717) is 37.6 Å². The molecule has 0 amide bonds. The number of alkyl halides is 6. The number of hydrogen-bond acceptors (Lipinski definition) is 15. The molecule has 60 heavy (non-hydrogen) atoms. The summed E-state index contributed by atoms with van der Waals surface area (Å²) in [6.07, 6.45) is -0.784. The summed E-state index contributed by atoms with van der Waals surface area (Å²) >= 11 is 0. The van der Waals surface area contributed by atoms with Crippen LogP contribution in [0.3, 0.4) is 0 Å². The summed E-state index contributed by atoms with van der Waals surface area (Å²) in [5.41, 5.74) is 0.896. The first-order chi connectivity index (χ1) is 28.8. The number of nitrogens with zero attached hydrogens (tertiary/aromatic N) is 14. The van der Waals surface area contributed by atoms with Crippen LogP contribution in [0.5, 0.6) is 0 Å². The second-order valence-corrected chi connectivity index (χ2v) is 12.7. The molecule has 0 radical (unpaired) electrons. The van der Waals surface area contributed by atoms with E-state index in [-0.39, 0.29) is 70.8 Å². The van der Waals surface area contributed by atoms with Gasteiger partial charge in [0.1, 0.15) is 45.8 Å². The van der Waals surface area contributed by atoms with Gasteiger partial charge in [-0.2, -0.15) is 36.5 Å². The Labute approximate surface area is 331 Å². The van der Waals surface area contributed by atoms with Crippen LogP contribution in [0.1, 0.15) is 23.3 Å². The SMILES string of the molecule is CNCCc1nc(-c2c(-c3n[nH]c(C(F)(F)F)n3)nc3ncccn23)cn1COC(=O)OCn1cc(-c2c(-c3n[nH]c(C(F)(F)F)n3)nc3ncccn23)nc1CCNC. The number of imidazole rings is 4. The highest BCUT2D eigenvalue weighted by atomic mass is 19.4. The highest BCUT2D eigenvalue weighted by Crippen LogP contribution is 2.34. The summed E-state index contributed by atoms with van der Waals surface area (Å²) in [5, 5.41) is 17.3. The summed E-state index contributed by atoms with van der Waals surface area (Å²) in [6.45, 7) is 0.149. The summed E-state index contributed by atoms with van der Waals surface area (Å²) in [7, 11) is 3.46. The number of carbonyl (C=O) groups excluding carboxylic acids is 1. The van der Waals surface area contributed by atoms with Crippen LogP contribution in [0.4, 0.5) is 31.1 Å². The van der Waals surface area contributed by atoms with Crippen molar-refractivity contribution in [3.63, 3.8) is 0 Å². The lowest BCUT2D eigenvalue weighted by Crippen LogP contribution is -2.18. The number of carbonyl (C=O) groups is 1. The third-order valence-corrected chi connectivity index (χ3v) is 8.78. The van der Waals surface area contributed by atoms with E-state index in [9.17, 15) is 31.1 Å². The van der Waals surface area contributed by atoms with E-state index in [2.05, 4.69) is 50.7 Å². The molecule has 0 atom stereocenters. The maximum Gasteiger partial charge on any atom is 0.511 e. The monoisotopic (exact) mass is 840 g/mol. The predicted molar refractivity (Wildman–Crippen MR) is 192 cm³/mol. The van der Waals surface area contributed by atoms with Crippen LogP contribution in [-0.2, 0) is 48.1 Å². The van der Waals surface area contributed by atoms with Gasteiger partial charge in [0.2, 0.25) is 34.9 Å². The van der Waals surface area contributed by atoms with E-state index in [0.717, 1.165) is 0 Å². The third kappa shape index (κ3) is 7.80. The molecule has 0 aliphatic heterocycles. The summed E-state index contributed by atoms with van der Waals surface area (Å²) < 4.78 is 97.5. The molecule has 8 aromatic rings. The van der Waals surface area contributed by atoms with Crippen molar-refractivity contribution in [3.05, 3.63) is 72.6 Å². The Hall–Kier alpha value is -7.29. The van der Waals surface area contributed by atoms with E-state index >= 15 is 0 Å². The topological polar surface area (TPSA) is 239 Å². The fraction of sp³-hybridized carbons (Fsp3) is 0.303. The van der Waals surface area contributed by atoms with Crippen LogP contribution in [0, 0.1) is 0 Å². The van der Waals surface area contributed by atoms with Crippen molar-refractivity contribution in [1.29, 1.82) is 0 Å². The lowest BCUT2D eigenvalue weighted by molar-refractivity contribution is -0.145. The minimum Gasteiger partial charge on any atom is -0.412 e. The maximum absolute atomic E-state index is 13.4. The minimum absolute atomic E-state index is 0.0293.